The molecular formula is C24H39IN4O2. The van der Waals surface area contributed by atoms with E-state index >= 15 is 0 Å². The number of carbonyl (C=O) groups excluding carboxylic acids is 1. The molecule has 0 radical (unpaired) electrons. The van der Waals surface area contributed by atoms with Gasteiger partial charge in [0.2, 0.25) is 5.91 Å². The highest BCUT2D eigenvalue weighted by Crippen LogP contribution is 2.33. The first kappa shape index (κ1) is 25.9. The van der Waals surface area contributed by atoms with Gasteiger partial charge in [0, 0.05) is 52.2 Å². The molecule has 2 heterocycles. The lowest BCUT2D eigenvalue weighted by Crippen LogP contribution is -2.47. The van der Waals surface area contributed by atoms with Gasteiger partial charge < -0.3 is 20.3 Å². The van der Waals surface area contributed by atoms with Crippen LogP contribution < -0.4 is 10.6 Å². The summed E-state index contributed by atoms with van der Waals surface area (Å²) in [4.78, 5) is 18.8. The molecule has 174 valence electrons. The van der Waals surface area contributed by atoms with Crippen molar-refractivity contribution in [1.82, 2.24) is 15.5 Å². The number of fused-ring (bicyclic) bond motifs is 1. The average Bonchev–Trinajstić information content (AvgIpc) is 3.17. The minimum Gasteiger partial charge on any atom is -0.377 e. The molecule has 1 aromatic carbocycles. The quantitative estimate of drug-likeness (QED) is 0.248. The Labute approximate surface area is 204 Å². The van der Waals surface area contributed by atoms with Crippen LogP contribution in [0, 0.1) is 11.3 Å². The third kappa shape index (κ3) is 7.34. The Balaban J connectivity index is 0.00000341. The van der Waals surface area contributed by atoms with E-state index < -0.39 is 0 Å². The third-order valence-electron chi connectivity index (χ3n) is 6.11. The molecule has 0 saturated carbocycles. The Bertz CT molecular complexity index is 722. The SMILES string of the molecule is CN=C(NCCCC(=O)N1Cc2ccccc2C1)NCC1CCCOC1C(C)(C)C.I. The van der Waals surface area contributed by atoms with Crippen molar-refractivity contribution in [2.75, 3.05) is 26.7 Å². The zero-order valence-electron chi connectivity index (χ0n) is 19.4. The van der Waals surface area contributed by atoms with Crippen LogP contribution in [0.2, 0.25) is 0 Å². The Morgan fingerprint density at radius 3 is 2.48 bits per heavy atom. The molecule has 7 heteroatoms. The van der Waals surface area contributed by atoms with Gasteiger partial charge in [-0.05, 0) is 35.8 Å². The highest BCUT2D eigenvalue weighted by Gasteiger charge is 2.35. The normalized spacial score (nSPS) is 21.3. The van der Waals surface area contributed by atoms with Crippen molar-refractivity contribution in [1.29, 1.82) is 0 Å². The number of rotatable bonds is 6. The van der Waals surface area contributed by atoms with Crippen molar-refractivity contribution in [3.05, 3.63) is 35.4 Å². The first-order valence-electron chi connectivity index (χ1n) is 11.3. The number of hydrogen-bond acceptors (Lipinski definition) is 3. The van der Waals surface area contributed by atoms with Crippen LogP contribution in [-0.4, -0.2) is 49.6 Å². The second kappa shape index (κ2) is 12.0. The molecule has 0 spiro atoms. The number of ether oxygens (including phenoxy) is 1. The summed E-state index contributed by atoms with van der Waals surface area (Å²) in [5, 5.41) is 6.81. The minimum atomic E-state index is 0. The second-order valence-corrected chi connectivity index (χ2v) is 9.56. The molecule has 31 heavy (non-hydrogen) atoms. The number of benzene rings is 1. The minimum absolute atomic E-state index is 0. The van der Waals surface area contributed by atoms with E-state index in [-0.39, 0.29) is 41.4 Å². The number of aliphatic imine (C=N–C) groups is 1. The highest BCUT2D eigenvalue weighted by molar-refractivity contribution is 14.0. The summed E-state index contributed by atoms with van der Waals surface area (Å²) in [5.74, 6) is 1.51. The van der Waals surface area contributed by atoms with Gasteiger partial charge in [0.25, 0.3) is 0 Å². The number of guanidine groups is 1. The Morgan fingerprint density at radius 1 is 1.19 bits per heavy atom. The number of amides is 1. The molecule has 1 amide bonds. The summed E-state index contributed by atoms with van der Waals surface area (Å²) in [6.07, 6.45) is 3.91. The summed E-state index contributed by atoms with van der Waals surface area (Å²) in [5.41, 5.74) is 2.68. The molecule has 2 aliphatic rings. The molecule has 1 fully saturated rings. The lowest BCUT2D eigenvalue weighted by molar-refractivity contribution is -0.131. The predicted octanol–water partition coefficient (Wildman–Crippen LogP) is 3.93. The van der Waals surface area contributed by atoms with E-state index in [1.807, 2.05) is 17.0 Å². The van der Waals surface area contributed by atoms with Gasteiger partial charge in [-0.15, -0.1) is 24.0 Å². The van der Waals surface area contributed by atoms with E-state index in [0.717, 1.165) is 51.6 Å². The molecular weight excluding hydrogens is 503 g/mol. The van der Waals surface area contributed by atoms with E-state index in [4.69, 9.17) is 4.74 Å². The number of nitrogens with zero attached hydrogens (tertiary/aromatic N) is 2. The summed E-state index contributed by atoms with van der Waals surface area (Å²) < 4.78 is 6.08. The van der Waals surface area contributed by atoms with Gasteiger partial charge in [-0.25, -0.2) is 0 Å². The van der Waals surface area contributed by atoms with Gasteiger partial charge in [-0.1, -0.05) is 45.0 Å². The fourth-order valence-corrected chi connectivity index (χ4v) is 4.57. The van der Waals surface area contributed by atoms with Gasteiger partial charge in [-0.3, -0.25) is 9.79 Å². The van der Waals surface area contributed by atoms with Crippen LogP contribution >= 0.6 is 24.0 Å². The summed E-state index contributed by atoms with van der Waals surface area (Å²) in [6.45, 7) is 10.7. The standard InChI is InChI=1S/C24H38N4O2.HI/c1-24(2,3)22-18(11-8-14-30-22)15-27-23(25-4)26-13-7-12-21(29)28-16-19-9-5-6-10-20(19)17-28;/h5-6,9-10,18,22H,7-8,11-17H2,1-4H3,(H2,25,26,27);1H. The molecule has 6 nitrogen and oxygen atoms in total. The third-order valence-corrected chi connectivity index (χ3v) is 6.11. The first-order chi connectivity index (χ1) is 14.4. The van der Waals surface area contributed by atoms with E-state index in [9.17, 15) is 4.79 Å². The van der Waals surface area contributed by atoms with Gasteiger partial charge in [-0.2, -0.15) is 0 Å². The molecule has 0 bridgehead atoms. The van der Waals surface area contributed by atoms with E-state index in [1.54, 1.807) is 7.05 Å². The lowest BCUT2D eigenvalue weighted by atomic mass is 9.78. The smallest absolute Gasteiger partial charge is 0.223 e. The van der Waals surface area contributed by atoms with Crippen molar-refractivity contribution in [3.63, 3.8) is 0 Å². The molecule has 1 saturated heterocycles. The van der Waals surface area contributed by atoms with E-state index in [1.165, 1.54) is 17.5 Å². The number of hydrogen-bond donors (Lipinski definition) is 2. The molecule has 1 aromatic rings. The Hall–Kier alpha value is -1.35. The molecule has 2 aliphatic heterocycles. The molecule has 2 unspecified atom stereocenters. The Morgan fingerprint density at radius 2 is 1.87 bits per heavy atom. The lowest BCUT2D eigenvalue weighted by Gasteiger charge is -2.40. The average molecular weight is 543 g/mol. The van der Waals surface area contributed by atoms with Crippen molar-refractivity contribution < 1.29 is 9.53 Å². The van der Waals surface area contributed by atoms with Crippen molar-refractivity contribution in [2.24, 2.45) is 16.3 Å². The van der Waals surface area contributed by atoms with Crippen molar-refractivity contribution in [3.8, 4) is 0 Å². The molecule has 0 aliphatic carbocycles. The van der Waals surface area contributed by atoms with Crippen LogP contribution in [0.4, 0.5) is 0 Å². The zero-order chi connectivity index (χ0) is 21.6. The monoisotopic (exact) mass is 542 g/mol. The number of carbonyl (C=O) groups is 1. The van der Waals surface area contributed by atoms with Crippen LogP contribution in [-0.2, 0) is 22.6 Å². The van der Waals surface area contributed by atoms with Crippen LogP contribution in [0.5, 0.6) is 0 Å². The summed E-state index contributed by atoms with van der Waals surface area (Å²) in [6, 6.07) is 8.31. The maximum Gasteiger partial charge on any atom is 0.223 e. The van der Waals surface area contributed by atoms with Gasteiger partial charge in [0.1, 0.15) is 0 Å². The summed E-state index contributed by atoms with van der Waals surface area (Å²) in [7, 11) is 1.79. The van der Waals surface area contributed by atoms with E-state index in [0.29, 0.717) is 12.3 Å². The fourth-order valence-electron chi connectivity index (χ4n) is 4.57. The number of nitrogens with one attached hydrogen (secondary N) is 2. The van der Waals surface area contributed by atoms with Crippen molar-refractivity contribution >= 4 is 35.8 Å². The van der Waals surface area contributed by atoms with Gasteiger partial charge in [0.05, 0.1) is 6.10 Å². The fraction of sp³-hybridized carbons (Fsp3) is 0.667. The zero-order valence-corrected chi connectivity index (χ0v) is 21.8. The molecule has 3 rings (SSSR count). The number of halogens is 1. The largest absolute Gasteiger partial charge is 0.377 e. The van der Waals surface area contributed by atoms with Crippen LogP contribution in [0.25, 0.3) is 0 Å². The Kier molecular flexibility index (Phi) is 10.1. The molecule has 2 atom stereocenters. The van der Waals surface area contributed by atoms with Crippen LogP contribution in [0.1, 0.15) is 57.6 Å². The molecule has 0 aromatic heterocycles. The topological polar surface area (TPSA) is 66.0 Å². The van der Waals surface area contributed by atoms with E-state index in [2.05, 4.69) is 48.5 Å². The molecule has 2 N–H and O–H groups in total. The predicted molar refractivity (Wildman–Crippen MR) is 137 cm³/mol. The summed E-state index contributed by atoms with van der Waals surface area (Å²) >= 11 is 0. The highest BCUT2D eigenvalue weighted by atomic mass is 127. The van der Waals surface area contributed by atoms with Crippen LogP contribution in [0.15, 0.2) is 29.3 Å². The maximum atomic E-state index is 12.5. The van der Waals surface area contributed by atoms with Crippen molar-refractivity contribution in [2.45, 2.75) is 65.6 Å². The second-order valence-electron chi connectivity index (χ2n) is 9.56. The van der Waals surface area contributed by atoms with Gasteiger partial charge >= 0.3 is 0 Å². The van der Waals surface area contributed by atoms with Gasteiger partial charge in [0.15, 0.2) is 5.96 Å². The first-order valence-corrected chi connectivity index (χ1v) is 11.3. The maximum absolute atomic E-state index is 12.5. The van der Waals surface area contributed by atoms with Crippen LogP contribution in [0.3, 0.4) is 0 Å².